The van der Waals surface area contributed by atoms with Crippen molar-refractivity contribution in [2.24, 2.45) is 0 Å². The lowest BCUT2D eigenvalue weighted by Crippen LogP contribution is -2.08. The van der Waals surface area contributed by atoms with E-state index in [4.69, 9.17) is 0 Å². The van der Waals surface area contributed by atoms with Crippen molar-refractivity contribution in [2.75, 3.05) is 0 Å². The molecule has 0 fully saturated rings. The number of nitrogens with zero attached hydrogens (tertiary/aromatic N) is 2. The van der Waals surface area contributed by atoms with Crippen LogP contribution in [0.1, 0.15) is 11.5 Å². The van der Waals surface area contributed by atoms with Crippen LogP contribution in [0, 0.1) is 13.8 Å². The fourth-order valence-electron chi connectivity index (χ4n) is 1.41. The molecule has 2 aromatic heterocycles. The highest BCUT2D eigenvalue weighted by Gasteiger charge is 2.04. The summed E-state index contributed by atoms with van der Waals surface area (Å²) in [6.45, 7) is 3.62. The van der Waals surface area contributed by atoms with E-state index in [-0.39, 0.29) is 5.56 Å². The van der Waals surface area contributed by atoms with Crippen LogP contribution in [-0.2, 0) is 0 Å². The van der Waals surface area contributed by atoms with E-state index in [9.17, 15) is 4.79 Å². The maximum absolute atomic E-state index is 11.4. The van der Waals surface area contributed by atoms with Gasteiger partial charge < -0.3 is 4.98 Å². The maximum Gasteiger partial charge on any atom is 0.259 e. The van der Waals surface area contributed by atoms with Gasteiger partial charge in [0.2, 0.25) is 0 Å². The van der Waals surface area contributed by atoms with E-state index in [0.717, 1.165) is 5.69 Å². The molecule has 0 saturated heterocycles. The Kier molecular flexibility index (Phi) is 1.62. The minimum Gasteiger partial charge on any atom is -0.328 e. The first-order chi connectivity index (χ1) is 6.18. The van der Waals surface area contributed by atoms with E-state index in [2.05, 4.69) is 15.0 Å². The number of nitrogens with one attached hydrogen (secondary N) is 1. The summed E-state index contributed by atoms with van der Waals surface area (Å²) in [7, 11) is 0. The molecule has 0 saturated carbocycles. The zero-order valence-electron chi connectivity index (χ0n) is 7.46. The molecular weight excluding hydrogens is 166 g/mol. The third kappa shape index (κ3) is 1.20. The average Bonchev–Trinajstić information content (AvgIpc) is 2.02. The molecule has 0 spiro atoms. The number of fused-ring (bicyclic) bond motifs is 1. The van der Waals surface area contributed by atoms with Crippen LogP contribution in [0.4, 0.5) is 0 Å². The molecule has 0 aromatic carbocycles. The number of hydrogen-bond donors (Lipinski definition) is 1. The second kappa shape index (κ2) is 2.65. The van der Waals surface area contributed by atoms with Gasteiger partial charge in [-0.1, -0.05) is 0 Å². The standard InChI is InChI=1S/C9H9N3O/c1-5-8-7(12-6(2)11-5)3-4-10-9(8)13/h3-4H,1-2H3,(H,10,13). The summed E-state index contributed by atoms with van der Waals surface area (Å²) < 4.78 is 0. The van der Waals surface area contributed by atoms with Gasteiger partial charge in [-0.05, 0) is 19.9 Å². The molecule has 13 heavy (non-hydrogen) atoms. The topological polar surface area (TPSA) is 58.6 Å². The zero-order chi connectivity index (χ0) is 9.42. The third-order valence-corrected chi connectivity index (χ3v) is 1.91. The van der Waals surface area contributed by atoms with E-state index in [1.54, 1.807) is 12.3 Å². The molecule has 0 bridgehead atoms. The van der Waals surface area contributed by atoms with Gasteiger partial charge in [-0.3, -0.25) is 4.79 Å². The number of aryl methyl sites for hydroxylation is 2. The molecule has 2 rings (SSSR count). The highest BCUT2D eigenvalue weighted by Crippen LogP contribution is 2.08. The monoisotopic (exact) mass is 175 g/mol. The van der Waals surface area contributed by atoms with Crippen molar-refractivity contribution in [1.29, 1.82) is 0 Å². The van der Waals surface area contributed by atoms with Crippen molar-refractivity contribution >= 4 is 10.9 Å². The van der Waals surface area contributed by atoms with Gasteiger partial charge in [0.05, 0.1) is 16.6 Å². The van der Waals surface area contributed by atoms with Crippen LogP contribution in [0.2, 0.25) is 0 Å². The molecule has 66 valence electrons. The van der Waals surface area contributed by atoms with E-state index in [1.807, 2.05) is 13.8 Å². The second-order valence-electron chi connectivity index (χ2n) is 2.92. The molecule has 0 atom stereocenters. The summed E-state index contributed by atoms with van der Waals surface area (Å²) in [6, 6.07) is 1.78. The number of pyridine rings is 1. The molecule has 0 amide bonds. The van der Waals surface area contributed by atoms with Crippen LogP contribution in [0.15, 0.2) is 17.1 Å². The number of aromatic nitrogens is 3. The lowest BCUT2D eigenvalue weighted by molar-refractivity contribution is 1.04. The third-order valence-electron chi connectivity index (χ3n) is 1.91. The van der Waals surface area contributed by atoms with E-state index >= 15 is 0 Å². The molecule has 0 radical (unpaired) electrons. The van der Waals surface area contributed by atoms with Crippen molar-refractivity contribution in [3.05, 3.63) is 34.1 Å². The van der Waals surface area contributed by atoms with Crippen molar-refractivity contribution in [1.82, 2.24) is 15.0 Å². The molecule has 0 aliphatic carbocycles. The molecule has 0 aliphatic heterocycles. The SMILES string of the molecule is Cc1nc(C)c2c(=O)[nH]ccc2n1. The highest BCUT2D eigenvalue weighted by molar-refractivity contribution is 5.79. The largest absolute Gasteiger partial charge is 0.328 e. The quantitative estimate of drug-likeness (QED) is 0.648. The number of aromatic amines is 1. The summed E-state index contributed by atoms with van der Waals surface area (Å²) in [6.07, 6.45) is 1.59. The molecule has 2 aromatic rings. The predicted octanol–water partition coefficient (Wildman–Crippen LogP) is 0.935. The van der Waals surface area contributed by atoms with E-state index in [0.29, 0.717) is 16.7 Å². The fourth-order valence-corrected chi connectivity index (χ4v) is 1.41. The Balaban J connectivity index is 3.03. The first-order valence-electron chi connectivity index (χ1n) is 4.01. The Morgan fingerprint density at radius 1 is 1.31 bits per heavy atom. The molecule has 1 N–H and O–H groups in total. The minimum absolute atomic E-state index is 0.130. The summed E-state index contributed by atoms with van der Waals surface area (Å²) in [5.41, 5.74) is 1.30. The smallest absolute Gasteiger partial charge is 0.259 e. The van der Waals surface area contributed by atoms with Gasteiger partial charge in [0.15, 0.2) is 0 Å². The van der Waals surface area contributed by atoms with Crippen LogP contribution < -0.4 is 5.56 Å². The lowest BCUT2D eigenvalue weighted by Gasteiger charge is -2.00. The molecule has 4 nitrogen and oxygen atoms in total. The molecule has 0 aliphatic rings. The molecular formula is C9H9N3O. The Morgan fingerprint density at radius 2 is 2.08 bits per heavy atom. The van der Waals surface area contributed by atoms with Gasteiger partial charge in [0.25, 0.3) is 5.56 Å². The van der Waals surface area contributed by atoms with Crippen LogP contribution in [0.5, 0.6) is 0 Å². The summed E-state index contributed by atoms with van der Waals surface area (Å²) in [4.78, 5) is 22.3. The molecule has 4 heteroatoms. The minimum atomic E-state index is -0.130. The Bertz CT molecular complexity index is 516. The Labute approximate surface area is 74.7 Å². The van der Waals surface area contributed by atoms with Crippen molar-refractivity contribution in [3.63, 3.8) is 0 Å². The highest BCUT2D eigenvalue weighted by atomic mass is 16.1. The zero-order valence-corrected chi connectivity index (χ0v) is 7.46. The fraction of sp³-hybridized carbons (Fsp3) is 0.222. The predicted molar refractivity (Wildman–Crippen MR) is 49.6 cm³/mol. The molecule has 0 unspecified atom stereocenters. The summed E-state index contributed by atoms with van der Waals surface area (Å²) in [5, 5.41) is 0.577. The first-order valence-corrected chi connectivity index (χ1v) is 4.01. The number of hydrogen-bond acceptors (Lipinski definition) is 3. The van der Waals surface area contributed by atoms with E-state index < -0.39 is 0 Å². The van der Waals surface area contributed by atoms with Gasteiger partial charge in [0, 0.05) is 6.20 Å². The summed E-state index contributed by atoms with van der Waals surface area (Å²) >= 11 is 0. The Morgan fingerprint density at radius 3 is 2.85 bits per heavy atom. The van der Waals surface area contributed by atoms with Crippen molar-refractivity contribution in [3.8, 4) is 0 Å². The van der Waals surface area contributed by atoms with Crippen molar-refractivity contribution in [2.45, 2.75) is 13.8 Å². The average molecular weight is 175 g/mol. The summed E-state index contributed by atoms with van der Waals surface area (Å²) in [5.74, 6) is 0.690. The van der Waals surface area contributed by atoms with Gasteiger partial charge in [-0.15, -0.1) is 0 Å². The maximum atomic E-state index is 11.4. The van der Waals surface area contributed by atoms with Crippen LogP contribution in [-0.4, -0.2) is 15.0 Å². The van der Waals surface area contributed by atoms with Crippen molar-refractivity contribution < 1.29 is 0 Å². The van der Waals surface area contributed by atoms with Gasteiger partial charge >= 0.3 is 0 Å². The first kappa shape index (κ1) is 7.91. The number of rotatable bonds is 0. The molecule has 2 heterocycles. The van der Waals surface area contributed by atoms with Crippen LogP contribution in [0.25, 0.3) is 10.9 Å². The van der Waals surface area contributed by atoms with Gasteiger partial charge in [-0.25, -0.2) is 9.97 Å². The van der Waals surface area contributed by atoms with Crippen LogP contribution in [0.3, 0.4) is 0 Å². The van der Waals surface area contributed by atoms with Gasteiger partial charge in [-0.2, -0.15) is 0 Å². The second-order valence-corrected chi connectivity index (χ2v) is 2.92. The van der Waals surface area contributed by atoms with Crippen LogP contribution >= 0.6 is 0 Å². The normalized spacial score (nSPS) is 10.6. The van der Waals surface area contributed by atoms with Gasteiger partial charge in [0.1, 0.15) is 5.82 Å². The Hall–Kier alpha value is -1.71. The lowest BCUT2D eigenvalue weighted by atomic mass is 10.2. The number of H-pyrrole nitrogens is 1. The van der Waals surface area contributed by atoms with E-state index in [1.165, 1.54) is 0 Å².